The van der Waals surface area contributed by atoms with Crippen molar-refractivity contribution in [1.82, 2.24) is 10.6 Å². The molecule has 0 bridgehead atoms. The lowest BCUT2D eigenvalue weighted by molar-refractivity contribution is -0.122. The summed E-state index contributed by atoms with van der Waals surface area (Å²) in [5.74, 6) is -0.175. The first-order valence-electron chi connectivity index (χ1n) is 7.01. The van der Waals surface area contributed by atoms with Gasteiger partial charge < -0.3 is 16.0 Å². The smallest absolute Gasteiger partial charge is 0.319 e. The van der Waals surface area contributed by atoms with E-state index < -0.39 is 6.04 Å². The van der Waals surface area contributed by atoms with Gasteiger partial charge in [0, 0.05) is 12.2 Å². The minimum atomic E-state index is -0.560. The predicted octanol–water partition coefficient (Wildman–Crippen LogP) is 2.29. The zero-order valence-electron chi connectivity index (χ0n) is 12.3. The lowest BCUT2D eigenvalue weighted by Crippen LogP contribution is -2.46. The summed E-state index contributed by atoms with van der Waals surface area (Å²) in [5.41, 5.74) is 1.83. The number of anilines is 1. The highest BCUT2D eigenvalue weighted by Gasteiger charge is 2.15. The Morgan fingerprint density at radius 1 is 1.20 bits per heavy atom. The Labute approximate surface area is 120 Å². The van der Waals surface area contributed by atoms with E-state index >= 15 is 0 Å². The molecule has 0 spiro atoms. The maximum absolute atomic E-state index is 11.9. The number of urea groups is 1. The molecular weight excluding hydrogens is 254 g/mol. The zero-order chi connectivity index (χ0) is 15.0. The zero-order valence-corrected chi connectivity index (χ0v) is 12.3. The fourth-order valence-corrected chi connectivity index (χ4v) is 1.77. The molecular formula is C15H23N3O2. The van der Waals surface area contributed by atoms with Crippen LogP contribution in [0.2, 0.25) is 0 Å². The van der Waals surface area contributed by atoms with Crippen LogP contribution in [-0.4, -0.2) is 24.5 Å². The maximum Gasteiger partial charge on any atom is 0.319 e. The molecule has 3 N–H and O–H groups in total. The second kappa shape index (κ2) is 8.19. The lowest BCUT2D eigenvalue weighted by atomic mass is 10.1. The molecule has 0 aliphatic rings. The molecule has 0 radical (unpaired) electrons. The molecule has 0 saturated carbocycles. The molecule has 0 heterocycles. The van der Waals surface area contributed by atoms with Crippen LogP contribution in [0.25, 0.3) is 0 Å². The minimum absolute atomic E-state index is 0.175. The third kappa shape index (κ3) is 4.91. The second-order valence-corrected chi connectivity index (χ2v) is 4.62. The van der Waals surface area contributed by atoms with Gasteiger partial charge in [0.1, 0.15) is 6.04 Å². The van der Waals surface area contributed by atoms with Crippen molar-refractivity contribution in [3.05, 3.63) is 29.8 Å². The van der Waals surface area contributed by atoms with Gasteiger partial charge in [-0.15, -0.1) is 0 Å². The quantitative estimate of drug-likeness (QED) is 0.746. The second-order valence-electron chi connectivity index (χ2n) is 4.62. The van der Waals surface area contributed by atoms with E-state index in [1.807, 2.05) is 38.1 Å². The van der Waals surface area contributed by atoms with Gasteiger partial charge in [-0.3, -0.25) is 4.79 Å². The average molecular weight is 277 g/mol. The molecule has 3 amide bonds. The van der Waals surface area contributed by atoms with Crippen LogP contribution in [0.5, 0.6) is 0 Å². The summed E-state index contributed by atoms with van der Waals surface area (Å²) in [4.78, 5) is 23.5. The topological polar surface area (TPSA) is 70.2 Å². The monoisotopic (exact) mass is 277 g/mol. The van der Waals surface area contributed by atoms with Crippen LogP contribution in [-0.2, 0) is 11.2 Å². The number of hydrogen-bond donors (Lipinski definition) is 3. The number of hydrogen-bond acceptors (Lipinski definition) is 2. The standard InChI is InChI=1S/C15H23N3O2/c1-4-10-16-14(19)11(3)17-15(20)18-13-9-7-6-8-12(13)5-2/h6-9,11H,4-5,10H2,1-3H3,(H,16,19)(H2,17,18,20). The van der Waals surface area contributed by atoms with Crippen molar-refractivity contribution in [2.75, 3.05) is 11.9 Å². The van der Waals surface area contributed by atoms with Gasteiger partial charge in [0.25, 0.3) is 0 Å². The number of nitrogens with one attached hydrogen (secondary N) is 3. The van der Waals surface area contributed by atoms with Crippen LogP contribution < -0.4 is 16.0 Å². The molecule has 1 atom stereocenters. The fourth-order valence-electron chi connectivity index (χ4n) is 1.77. The summed E-state index contributed by atoms with van der Waals surface area (Å²) < 4.78 is 0. The van der Waals surface area contributed by atoms with E-state index in [4.69, 9.17) is 0 Å². The third-order valence-electron chi connectivity index (χ3n) is 2.94. The Morgan fingerprint density at radius 2 is 1.90 bits per heavy atom. The van der Waals surface area contributed by atoms with Gasteiger partial charge in [-0.05, 0) is 31.4 Å². The minimum Gasteiger partial charge on any atom is -0.354 e. The molecule has 110 valence electrons. The first-order chi connectivity index (χ1) is 9.58. The van der Waals surface area contributed by atoms with Crippen LogP contribution in [0, 0.1) is 0 Å². The number of amides is 3. The highest BCUT2D eigenvalue weighted by atomic mass is 16.2. The number of para-hydroxylation sites is 1. The summed E-state index contributed by atoms with van der Waals surface area (Å²) in [6.45, 7) is 6.29. The van der Waals surface area contributed by atoms with Crippen molar-refractivity contribution in [3.63, 3.8) is 0 Å². The molecule has 1 rings (SSSR count). The summed E-state index contributed by atoms with van der Waals surface area (Å²) in [5, 5.41) is 8.14. The van der Waals surface area contributed by atoms with Crippen LogP contribution in [0.4, 0.5) is 10.5 Å². The molecule has 0 fully saturated rings. The predicted molar refractivity (Wildman–Crippen MR) is 80.7 cm³/mol. The van der Waals surface area contributed by atoms with Gasteiger partial charge in [0.05, 0.1) is 0 Å². The van der Waals surface area contributed by atoms with Crippen LogP contribution in [0.1, 0.15) is 32.8 Å². The molecule has 1 unspecified atom stereocenters. The van der Waals surface area contributed by atoms with Gasteiger partial charge >= 0.3 is 6.03 Å². The molecule has 1 aromatic rings. The van der Waals surface area contributed by atoms with Crippen molar-refractivity contribution >= 4 is 17.6 Å². The Bertz CT molecular complexity index is 460. The van der Waals surface area contributed by atoms with E-state index in [9.17, 15) is 9.59 Å². The fraction of sp³-hybridized carbons (Fsp3) is 0.467. The first kappa shape index (κ1) is 16.0. The summed E-state index contributed by atoms with van der Waals surface area (Å²) in [6, 6.07) is 6.68. The normalized spacial score (nSPS) is 11.6. The molecule has 20 heavy (non-hydrogen) atoms. The van der Waals surface area contributed by atoms with Gasteiger partial charge in [0.2, 0.25) is 5.91 Å². The Balaban J connectivity index is 2.53. The number of rotatable bonds is 6. The van der Waals surface area contributed by atoms with Crippen molar-refractivity contribution in [2.45, 2.75) is 39.7 Å². The van der Waals surface area contributed by atoms with E-state index in [0.717, 1.165) is 24.1 Å². The largest absolute Gasteiger partial charge is 0.354 e. The SMILES string of the molecule is CCCNC(=O)C(C)NC(=O)Nc1ccccc1CC. The molecule has 0 aromatic heterocycles. The van der Waals surface area contributed by atoms with Crippen molar-refractivity contribution in [3.8, 4) is 0 Å². The van der Waals surface area contributed by atoms with E-state index in [0.29, 0.717) is 6.54 Å². The van der Waals surface area contributed by atoms with Crippen LogP contribution >= 0.6 is 0 Å². The molecule has 0 aliphatic heterocycles. The van der Waals surface area contributed by atoms with Gasteiger partial charge in [0.15, 0.2) is 0 Å². The van der Waals surface area contributed by atoms with Crippen LogP contribution in [0.3, 0.4) is 0 Å². The number of carbonyl (C=O) groups excluding carboxylic acids is 2. The summed E-state index contributed by atoms with van der Waals surface area (Å²) >= 11 is 0. The Morgan fingerprint density at radius 3 is 2.55 bits per heavy atom. The Kier molecular flexibility index (Phi) is 6.56. The summed E-state index contributed by atoms with van der Waals surface area (Å²) in [7, 11) is 0. The molecule has 5 nitrogen and oxygen atoms in total. The van der Waals surface area contributed by atoms with Crippen LogP contribution in [0.15, 0.2) is 24.3 Å². The van der Waals surface area contributed by atoms with E-state index in [-0.39, 0.29) is 11.9 Å². The first-order valence-corrected chi connectivity index (χ1v) is 7.01. The molecule has 0 aliphatic carbocycles. The third-order valence-corrected chi connectivity index (χ3v) is 2.94. The molecule has 1 aromatic carbocycles. The van der Waals surface area contributed by atoms with Gasteiger partial charge in [-0.2, -0.15) is 0 Å². The van der Waals surface area contributed by atoms with E-state index in [1.165, 1.54) is 0 Å². The Hall–Kier alpha value is -2.04. The van der Waals surface area contributed by atoms with Gasteiger partial charge in [-0.25, -0.2) is 4.79 Å². The lowest BCUT2D eigenvalue weighted by Gasteiger charge is -2.15. The van der Waals surface area contributed by atoms with Crippen molar-refractivity contribution in [1.29, 1.82) is 0 Å². The molecule has 0 saturated heterocycles. The molecule has 5 heteroatoms. The number of aryl methyl sites for hydroxylation is 1. The van der Waals surface area contributed by atoms with E-state index in [2.05, 4.69) is 16.0 Å². The van der Waals surface area contributed by atoms with Crippen molar-refractivity contribution in [2.24, 2.45) is 0 Å². The average Bonchev–Trinajstić information content (AvgIpc) is 2.45. The van der Waals surface area contributed by atoms with E-state index in [1.54, 1.807) is 6.92 Å². The number of benzene rings is 1. The van der Waals surface area contributed by atoms with Crippen molar-refractivity contribution < 1.29 is 9.59 Å². The highest BCUT2D eigenvalue weighted by Crippen LogP contribution is 2.14. The number of carbonyl (C=O) groups is 2. The highest BCUT2D eigenvalue weighted by molar-refractivity contribution is 5.94. The van der Waals surface area contributed by atoms with Gasteiger partial charge in [-0.1, -0.05) is 32.0 Å². The maximum atomic E-state index is 11.9. The summed E-state index contributed by atoms with van der Waals surface area (Å²) in [6.07, 6.45) is 1.71.